The van der Waals surface area contributed by atoms with Gasteiger partial charge in [-0.2, -0.15) is 72.3 Å². The second kappa shape index (κ2) is 17.1. The van der Waals surface area contributed by atoms with Gasteiger partial charge in [-0.25, -0.2) is 4.79 Å². The molecule has 0 fully saturated rings. The van der Waals surface area contributed by atoms with E-state index in [1.165, 1.54) is 23.0 Å². The second-order valence-electron chi connectivity index (χ2n) is 6.68. The van der Waals surface area contributed by atoms with Gasteiger partial charge in [0, 0.05) is 47.6 Å². The number of thioether (sulfide) groups is 4. The Labute approximate surface area is 209 Å². The Hall–Kier alpha value is 0.590. The molecule has 0 aliphatic carbocycles. The molecule has 0 saturated heterocycles. The summed E-state index contributed by atoms with van der Waals surface area (Å²) in [6, 6.07) is 8.24. The Morgan fingerprint density at radius 2 is 1.03 bits per heavy atom. The van der Waals surface area contributed by atoms with Crippen LogP contribution in [0.5, 0.6) is 0 Å². The molecule has 170 valence electrons. The van der Waals surface area contributed by atoms with Crippen molar-refractivity contribution in [3.05, 3.63) is 34.7 Å². The Kier molecular flexibility index (Phi) is 15.3. The van der Waals surface area contributed by atoms with Gasteiger partial charge in [0.25, 0.3) is 0 Å². The van der Waals surface area contributed by atoms with E-state index < -0.39 is 0 Å². The van der Waals surface area contributed by atoms with Crippen LogP contribution in [0.3, 0.4) is 0 Å². The highest BCUT2D eigenvalue weighted by molar-refractivity contribution is 8.03. The number of nitrogens with zero attached hydrogens (tertiary/aromatic N) is 2. The van der Waals surface area contributed by atoms with Crippen molar-refractivity contribution in [2.45, 2.75) is 25.9 Å². The normalized spacial score (nSPS) is 11.5. The third kappa shape index (κ3) is 9.61. The van der Waals surface area contributed by atoms with Crippen LogP contribution >= 0.6 is 72.3 Å². The van der Waals surface area contributed by atoms with Crippen LogP contribution in [0.1, 0.15) is 12.8 Å². The summed E-state index contributed by atoms with van der Waals surface area (Å²) in [4.78, 5) is 13.1. The molecule has 0 saturated carbocycles. The molecule has 0 N–H and O–H groups in total. The molecule has 0 amide bonds. The molecule has 9 heteroatoms. The lowest BCUT2D eigenvalue weighted by molar-refractivity contribution is 0.611. The molecule has 1 aromatic heterocycles. The van der Waals surface area contributed by atoms with E-state index in [0.717, 1.165) is 71.5 Å². The highest BCUT2D eigenvalue weighted by Gasteiger charge is 2.12. The number of para-hydroxylation sites is 2. The van der Waals surface area contributed by atoms with Crippen LogP contribution in [-0.4, -0.2) is 66.7 Å². The van der Waals surface area contributed by atoms with Crippen LogP contribution in [0.2, 0.25) is 0 Å². The maximum atomic E-state index is 13.1. The lowest BCUT2D eigenvalue weighted by Crippen LogP contribution is -2.25. The van der Waals surface area contributed by atoms with Gasteiger partial charge in [-0.15, -0.1) is 0 Å². The van der Waals surface area contributed by atoms with E-state index in [9.17, 15) is 4.79 Å². The van der Waals surface area contributed by atoms with E-state index in [-0.39, 0.29) is 5.69 Å². The minimum atomic E-state index is 0.153. The summed E-state index contributed by atoms with van der Waals surface area (Å²) >= 11 is 16.4. The van der Waals surface area contributed by atoms with Gasteiger partial charge in [0.2, 0.25) is 0 Å². The highest BCUT2D eigenvalue weighted by atomic mass is 32.2. The first-order valence-electron chi connectivity index (χ1n) is 10.5. The van der Waals surface area contributed by atoms with E-state index in [1.807, 2.05) is 68.3 Å². The number of rotatable bonds is 18. The van der Waals surface area contributed by atoms with Crippen LogP contribution in [0.4, 0.5) is 0 Å². The maximum absolute atomic E-state index is 13.1. The van der Waals surface area contributed by atoms with Crippen molar-refractivity contribution < 1.29 is 0 Å². The number of thiol groups is 2. The van der Waals surface area contributed by atoms with Gasteiger partial charge in [-0.1, -0.05) is 12.1 Å². The van der Waals surface area contributed by atoms with Crippen LogP contribution in [0, 0.1) is 0 Å². The van der Waals surface area contributed by atoms with Crippen molar-refractivity contribution in [2.24, 2.45) is 0 Å². The number of aryl methyl sites for hydroxylation is 2. The molecule has 1 aromatic carbocycles. The Bertz CT molecular complexity index is 704. The van der Waals surface area contributed by atoms with Crippen LogP contribution in [-0.2, 0) is 13.1 Å². The van der Waals surface area contributed by atoms with Gasteiger partial charge in [-0.05, 0) is 48.0 Å². The van der Waals surface area contributed by atoms with Crippen molar-refractivity contribution in [1.82, 2.24) is 9.13 Å². The molecular weight excluding hydrogens is 489 g/mol. The molecule has 2 aromatic rings. The van der Waals surface area contributed by atoms with E-state index in [0.29, 0.717) is 0 Å². The fraction of sp³-hybridized carbons (Fsp3) is 0.667. The summed E-state index contributed by atoms with van der Waals surface area (Å²) < 4.78 is 3.96. The number of hydrogen-bond donors (Lipinski definition) is 2. The first-order valence-corrected chi connectivity index (χ1v) is 16.4. The lowest BCUT2D eigenvalue weighted by atomic mass is 10.3. The maximum Gasteiger partial charge on any atom is 0.329 e. The number of imidazole rings is 1. The second-order valence-corrected chi connectivity index (χ2v) is 12.5. The van der Waals surface area contributed by atoms with Gasteiger partial charge in [0.05, 0.1) is 11.0 Å². The van der Waals surface area contributed by atoms with Crippen LogP contribution < -0.4 is 5.69 Å². The van der Waals surface area contributed by atoms with Gasteiger partial charge in [0.15, 0.2) is 0 Å². The zero-order chi connectivity index (χ0) is 21.4. The Morgan fingerprint density at radius 3 is 1.43 bits per heavy atom. The molecule has 0 aliphatic rings. The lowest BCUT2D eigenvalue weighted by Gasteiger charge is -2.04. The van der Waals surface area contributed by atoms with E-state index in [1.54, 1.807) is 0 Å². The van der Waals surface area contributed by atoms with Crippen LogP contribution in [0.25, 0.3) is 11.0 Å². The highest BCUT2D eigenvalue weighted by Crippen LogP contribution is 2.16. The van der Waals surface area contributed by atoms with E-state index >= 15 is 0 Å². The minimum Gasteiger partial charge on any atom is -0.292 e. The molecular formula is C21H34N2OS6. The molecule has 0 spiro atoms. The number of hydrogen-bond acceptors (Lipinski definition) is 7. The topological polar surface area (TPSA) is 26.9 Å². The Morgan fingerprint density at radius 1 is 0.633 bits per heavy atom. The van der Waals surface area contributed by atoms with Crippen LogP contribution in [0.15, 0.2) is 29.1 Å². The molecule has 3 nitrogen and oxygen atoms in total. The zero-order valence-electron chi connectivity index (χ0n) is 17.5. The quantitative estimate of drug-likeness (QED) is 0.203. The smallest absolute Gasteiger partial charge is 0.292 e. The zero-order valence-corrected chi connectivity index (χ0v) is 22.6. The number of aromatic nitrogens is 2. The summed E-state index contributed by atoms with van der Waals surface area (Å²) in [6.07, 6.45) is 2.07. The van der Waals surface area contributed by atoms with Crippen molar-refractivity contribution in [2.75, 3.05) is 57.5 Å². The largest absolute Gasteiger partial charge is 0.329 e. The number of fused-ring (bicyclic) bond motifs is 1. The van der Waals surface area contributed by atoms with Crippen molar-refractivity contribution in [3.63, 3.8) is 0 Å². The summed E-state index contributed by atoms with van der Waals surface area (Å²) in [7, 11) is 0. The average Bonchev–Trinajstić information content (AvgIpc) is 3.03. The molecule has 1 heterocycles. The predicted octanol–water partition coefficient (Wildman–Crippen LogP) is 5.38. The summed E-state index contributed by atoms with van der Waals surface area (Å²) in [5.74, 6) is 11.1. The van der Waals surface area contributed by atoms with E-state index in [4.69, 9.17) is 0 Å². The molecule has 30 heavy (non-hydrogen) atoms. The summed E-state index contributed by atoms with van der Waals surface area (Å²) in [5.41, 5.74) is 2.31. The third-order valence-electron chi connectivity index (χ3n) is 4.48. The fourth-order valence-corrected chi connectivity index (χ4v) is 7.53. The average molecular weight is 523 g/mol. The molecule has 0 atom stereocenters. The first kappa shape index (κ1) is 26.8. The minimum absolute atomic E-state index is 0.153. The van der Waals surface area contributed by atoms with Crippen molar-refractivity contribution >= 4 is 83.3 Å². The molecule has 2 rings (SSSR count). The van der Waals surface area contributed by atoms with Gasteiger partial charge >= 0.3 is 5.69 Å². The standard InChI is InChI=1S/C21H34N2OS6/c24-21-22(7-3-11-27-15-17-29-13-9-25)19-5-1-2-6-20(19)23(21)8-4-12-28-16-18-30-14-10-26/h1-2,5-6,25-26H,3-4,7-18H2. The summed E-state index contributed by atoms with van der Waals surface area (Å²) in [5, 5.41) is 0. The predicted molar refractivity (Wildman–Crippen MR) is 152 cm³/mol. The first-order chi connectivity index (χ1) is 14.8. The molecule has 0 aliphatic heterocycles. The monoisotopic (exact) mass is 522 g/mol. The van der Waals surface area contributed by atoms with Crippen molar-refractivity contribution in [3.8, 4) is 0 Å². The number of benzene rings is 1. The van der Waals surface area contributed by atoms with Gasteiger partial charge < -0.3 is 0 Å². The fourth-order valence-electron chi connectivity index (χ4n) is 3.13. The summed E-state index contributed by atoms with van der Waals surface area (Å²) in [6.45, 7) is 1.61. The molecule has 0 bridgehead atoms. The molecule has 0 unspecified atom stereocenters. The molecule has 0 radical (unpaired) electrons. The Balaban J connectivity index is 1.80. The van der Waals surface area contributed by atoms with Gasteiger partial charge in [-0.3, -0.25) is 9.13 Å². The third-order valence-corrected chi connectivity index (χ3v) is 10.2. The van der Waals surface area contributed by atoms with E-state index in [2.05, 4.69) is 37.4 Å². The van der Waals surface area contributed by atoms with Gasteiger partial charge in [0.1, 0.15) is 0 Å². The van der Waals surface area contributed by atoms with Crippen molar-refractivity contribution in [1.29, 1.82) is 0 Å². The SMILES string of the molecule is O=c1n(CCCSCCSCCS)c2ccccc2n1CCCSCCSCCS.